The summed E-state index contributed by atoms with van der Waals surface area (Å²) in [5.41, 5.74) is 7.54. The van der Waals surface area contributed by atoms with E-state index in [1.165, 1.54) is 0 Å². The second-order valence-electron chi connectivity index (χ2n) is 4.62. The van der Waals surface area contributed by atoms with Gasteiger partial charge in [-0.3, -0.25) is 4.79 Å². The summed E-state index contributed by atoms with van der Waals surface area (Å²) in [4.78, 5) is 22.5. The molecule has 0 unspecified atom stereocenters. The average Bonchev–Trinajstić information content (AvgIpc) is 2.76. The molecule has 2 rings (SSSR count). The van der Waals surface area contributed by atoms with Crippen molar-refractivity contribution in [3.63, 3.8) is 0 Å². The van der Waals surface area contributed by atoms with Crippen LogP contribution in [0.4, 0.5) is 11.6 Å². The van der Waals surface area contributed by atoms with Gasteiger partial charge in [0.2, 0.25) is 0 Å². The predicted octanol–water partition coefficient (Wildman–Crippen LogP) is 1.85. The van der Waals surface area contributed by atoms with Crippen LogP contribution in [0.5, 0.6) is 0 Å². The van der Waals surface area contributed by atoms with Gasteiger partial charge < -0.3 is 16.0 Å². The van der Waals surface area contributed by atoms with E-state index in [4.69, 9.17) is 5.73 Å². The van der Waals surface area contributed by atoms with Crippen LogP contribution >= 0.6 is 11.3 Å². The van der Waals surface area contributed by atoms with Crippen LogP contribution in [0.15, 0.2) is 10.2 Å². The van der Waals surface area contributed by atoms with Gasteiger partial charge in [-0.25, -0.2) is 9.97 Å². The molecule has 4 N–H and O–H groups in total. The lowest BCUT2D eigenvalue weighted by atomic mass is 10.2. The normalized spacial score (nSPS) is 10.9. The number of nitrogens with zero attached hydrogens (tertiary/aromatic N) is 2. The highest BCUT2D eigenvalue weighted by Gasteiger charge is 2.11. The highest BCUT2D eigenvalue weighted by Crippen LogP contribution is 2.21. The first-order chi connectivity index (χ1) is 8.97. The first-order valence-corrected chi connectivity index (χ1v) is 6.90. The minimum atomic E-state index is -0.0569. The van der Waals surface area contributed by atoms with Gasteiger partial charge in [0, 0.05) is 22.6 Å². The fourth-order valence-electron chi connectivity index (χ4n) is 1.56. The second-order valence-corrected chi connectivity index (χ2v) is 5.46. The molecule has 0 bridgehead atoms. The van der Waals surface area contributed by atoms with E-state index in [0.29, 0.717) is 24.0 Å². The Bertz CT molecular complexity index is 631. The van der Waals surface area contributed by atoms with Gasteiger partial charge in [-0.15, -0.1) is 0 Å². The zero-order chi connectivity index (χ0) is 14.0. The van der Waals surface area contributed by atoms with Crippen molar-refractivity contribution in [2.45, 2.75) is 33.2 Å². The summed E-state index contributed by atoms with van der Waals surface area (Å²) in [5.74, 6) is 2.12. The third kappa shape index (κ3) is 3.11. The van der Waals surface area contributed by atoms with E-state index in [-0.39, 0.29) is 10.8 Å². The molecule has 0 spiro atoms. The molecule has 2 aromatic heterocycles. The van der Waals surface area contributed by atoms with E-state index >= 15 is 0 Å². The lowest BCUT2D eigenvalue weighted by Gasteiger charge is -2.12. The van der Waals surface area contributed by atoms with Crippen LogP contribution in [0.3, 0.4) is 0 Å². The van der Waals surface area contributed by atoms with Crippen molar-refractivity contribution in [3.8, 4) is 0 Å². The fraction of sp³-hybridized carbons (Fsp3) is 0.417. The summed E-state index contributed by atoms with van der Waals surface area (Å²) in [6, 6.07) is 0. The maximum absolute atomic E-state index is 11.1. The average molecular weight is 279 g/mol. The number of anilines is 2. The smallest absolute Gasteiger partial charge is 0.304 e. The fourth-order valence-corrected chi connectivity index (χ4v) is 2.14. The van der Waals surface area contributed by atoms with Crippen LogP contribution in [0.2, 0.25) is 0 Å². The summed E-state index contributed by atoms with van der Waals surface area (Å²) in [7, 11) is 0. The molecule has 0 aliphatic carbocycles. The molecule has 19 heavy (non-hydrogen) atoms. The molecule has 0 aliphatic rings. The van der Waals surface area contributed by atoms with Crippen molar-refractivity contribution in [1.29, 1.82) is 0 Å². The number of hydrogen-bond donors (Lipinski definition) is 3. The molecule has 7 heteroatoms. The Morgan fingerprint density at radius 2 is 2.21 bits per heavy atom. The van der Waals surface area contributed by atoms with Gasteiger partial charge in [0.25, 0.3) is 0 Å². The van der Waals surface area contributed by atoms with Crippen molar-refractivity contribution >= 4 is 23.0 Å². The van der Waals surface area contributed by atoms with Crippen LogP contribution < -0.4 is 15.9 Å². The maximum atomic E-state index is 11.1. The summed E-state index contributed by atoms with van der Waals surface area (Å²) >= 11 is 1.15. The molecule has 102 valence electrons. The van der Waals surface area contributed by atoms with Crippen molar-refractivity contribution in [3.05, 3.63) is 32.1 Å². The van der Waals surface area contributed by atoms with E-state index in [9.17, 15) is 4.79 Å². The monoisotopic (exact) mass is 279 g/mol. The van der Waals surface area contributed by atoms with Gasteiger partial charge in [-0.2, -0.15) is 0 Å². The van der Waals surface area contributed by atoms with Gasteiger partial charge in [0.05, 0.1) is 6.54 Å². The van der Waals surface area contributed by atoms with Crippen LogP contribution in [-0.2, 0) is 6.54 Å². The second kappa shape index (κ2) is 5.40. The van der Waals surface area contributed by atoms with Gasteiger partial charge >= 0.3 is 4.87 Å². The summed E-state index contributed by atoms with van der Waals surface area (Å²) in [6.45, 7) is 6.42. The molecule has 2 heterocycles. The maximum Gasteiger partial charge on any atom is 0.304 e. The SMILES string of the molecule is Cc1c(N)nc(C(C)C)nc1NCc1csc(=O)[nH]1. The van der Waals surface area contributed by atoms with E-state index in [2.05, 4.69) is 20.3 Å². The molecular formula is C12H17N5OS. The van der Waals surface area contributed by atoms with E-state index in [1.54, 1.807) is 5.38 Å². The first-order valence-electron chi connectivity index (χ1n) is 6.02. The molecule has 6 nitrogen and oxygen atoms in total. The molecule has 0 saturated heterocycles. The predicted molar refractivity (Wildman–Crippen MR) is 77.5 cm³/mol. The van der Waals surface area contributed by atoms with E-state index < -0.39 is 0 Å². The number of thiazole rings is 1. The van der Waals surface area contributed by atoms with Gasteiger partial charge in [-0.1, -0.05) is 25.2 Å². The Hall–Kier alpha value is -1.89. The van der Waals surface area contributed by atoms with Gasteiger partial charge in [0.1, 0.15) is 17.5 Å². The lowest BCUT2D eigenvalue weighted by molar-refractivity contribution is 0.774. The topological polar surface area (TPSA) is 96.7 Å². The molecule has 0 atom stereocenters. The quantitative estimate of drug-likeness (QED) is 0.793. The minimum absolute atomic E-state index is 0.0569. The van der Waals surface area contributed by atoms with Crippen molar-refractivity contribution in [2.24, 2.45) is 0 Å². The zero-order valence-corrected chi connectivity index (χ0v) is 12.0. The molecule has 0 aliphatic heterocycles. The van der Waals surface area contributed by atoms with Crippen molar-refractivity contribution in [1.82, 2.24) is 15.0 Å². The number of nitrogen functional groups attached to an aromatic ring is 1. The third-order valence-electron chi connectivity index (χ3n) is 2.73. The van der Waals surface area contributed by atoms with Crippen LogP contribution in [-0.4, -0.2) is 15.0 Å². The highest BCUT2D eigenvalue weighted by molar-refractivity contribution is 7.07. The Labute approximate surface area is 115 Å². The van der Waals surface area contributed by atoms with E-state index in [0.717, 1.165) is 22.6 Å². The number of nitrogens with one attached hydrogen (secondary N) is 2. The summed E-state index contributed by atoms with van der Waals surface area (Å²) in [6.07, 6.45) is 0. The van der Waals surface area contributed by atoms with E-state index in [1.807, 2.05) is 20.8 Å². The standard InChI is InChI=1S/C12H17N5OS/c1-6(2)10-16-9(13)7(3)11(17-10)14-4-8-5-19-12(18)15-8/h5-6H,4H2,1-3H3,(H,15,18)(H3,13,14,16,17). The van der Waals surface area contributed by atoms with Crippen LogP contribution in [0, 0.1) is 6.92 Å². The number of aromatic nitrogens is 3. The molecule has 0 fully saturated rings. The molecule has 0 saturated carbocycles. The van der Waals surface area contributed by atoms with Gasteiger partial charge in [0.15, 0.2) is 0 Å². The molecule has 2 aromatic rings. The minimum Gasteiger partial charge on any atom is -0.383 e. The number of rotatable bonds is 4. The van der Waals surface area contributed by atoms with Gasteiger partial charge in [-0.05, 0) is 6.92 Å². The van der Waals surface area contributed by atoms with Crippen LogP contribution in [0.25, 0.3) is 0 Å². The third-order valence-corrected chi connectivity index (χ3v) is 3.45. The summed E-state index contributed by atoms with van der Waals surface area (Å²) < 4.78 is 0. The molecule has 0 aromatic carbocycles. The number of hydrogen-bond acceptors (Lipinski definition) is 6. The Kier molecular flexibility index (Phi) is 3.84. The number of nitrogens with two attached hydrogens (primary N) is 1. The Morgan fingerprint density at radius 3 is 2.79 bits per heavy atom. The number of H-pyrrole nitrogens is 1. The lowest BCUT2D eigenvalue weighted by Crippen LogP contribution is -2.11. The zero-order valence-electron chi connectivity index (χ0n) is 11.2. The Balaban J connectivity index is 2.21. The largest absolute Gasteiger partial charge is 0.383 e. The summed E-state index contributed by atoms with van der Waals surface area (Å²) in [5, 5.41) is 4.97. The molecule has 0 amide bonds. The first kappa shape index (κ1) is 13.5. The molecular weight excluding hydrogens is 262 g/mol. The Morgan fingerprint density at radius 1 is 1.47 bits per heavy atom. The highest BCUT2D eigenvalue weighted by atomic mass is 32.1. The molecule has 0 radical (unpaired) electrons. The van der Waals surface area contributed by atoms with Crippen molar-refractivity contribution in [2.75, 3.05) is 11.1 Å². The van der Waals surface area contributed by atoms with Crippen molar-refractivity contribution < 1.29 is 0 Å². The number of aromatic amines is 1. The van der Waals surface area contributed by atoms with Crippen LogP contribution in [0.1, 0.15) is 36.8 Å².